The molecule has 5 nitrogen and oxygen atoms in total. The SMILES string of the molecule is O=COCc1ccsc1-c1ccc(-c2sc(C(=O)c3cccs3)cc2CC(=O)O)s1. The van der Waals surface area contributed by atoms with Crippen molar-refractivity contribution in [2.75, 3.05) is 0 Å². The quantitative estimate of drug-likeness (QED) is 0.245. The zero-order chi connectivity index (χ0) is 21.1. The second-order valence-corrected chi connectivity index (χ2v) is 10.2. The van der Waals surface area contributed by atoms with Crippen LogP contribution in [0.5, 0.6) is 0 Å². The van der Waals surface area contributed by atoms with Crippen LogP contribution in [0.15, 0.2) is 47.2 Å². The van der Waals surface area contributed by atoms with E-state index in [1.54, 1.807) is 23.5 Å². The van der Waals surface area contributed by atoms with Crippen molar-refractivity contribution in [3.05, 3.63) is 68.0 Å². The Morgan fingerprint density at radius 3 is 2.43 bits per heavy atom. The van der Waals surface area contributed by atoms with Crippen LogP contribution in [0.4, 0.5) is 0 Å². The van der Waals surface area contributed by atoms with Gasteiger partial charge in [-0.15, -0.1) is 45.3 Å². The minimum Gasteiger partial charge on any atom is -0.481 e. The first-order valence-corrected chi connectivity index (χ1v) is 12.1. The molecule has 4 aromatic heterocycles. The van der Waals surface area contributed by atoms with Gasteiger partial charge in [0.25, 0.3) is 6.47 Å². The molecule has 0 radical (unpaired) electrons. The average molecular weight is 475 g/mol. The van der Waals surface area contributed by atoms with E-state index in [-0.39, 0.29) is 18.8 Å². The Morgan fingerprint density at radius 2 is 1.73 bits per heavy atom. The summed E-state index contributed by atoms with van der Waals surface area (Å²) in [5, 5.41) is 13.1. The van der Waals surface area contributed by atoms with Crippen molar-refractivity contribution >= 4 is 63.6 Å². The first kappa shape index (κ1) is 20.7. The second-order valence-electron chi connectivity index (χ2n) is 6.19. The average Bonchev–Trinajstić information content (AvgIpc) is 3.51. The van der Waals surface area contributed by atoms with Gasteiger partial charge < -0.3 is 9.84 Å². The molecule has 0 atom stereocenters. The molecule has 0 aromatic carbocycles. The summed E-state index contributed by atoms with van der Waals surface area (Å²) in [6.07, 6.45) is -0.145. The number of ketones is 1. The molecule has 0 bridgehead atoms. The monoisotopic (exact) mass is 474 g/mol. The standard InChI is InChI=1S/C21H14O5S4/c22-11-26-10-12-5-7-28-20(12)15-3-4-16(29-15)21-13(9-18(23)24)8-17(30-21)19(25)14-2-1-6-27-14/h1-8,11H,9-10H2,(H,23,24). The fourth-order valence-corrected chi connectivity index (χ4v) is 7.05. The van der Waals surface area contributed by atoms with Crippen LogP contribution in [-0.2, 0) is 27.4 Å². The van der Waals surface area contributed by atoms with Crippen LogP contribution in [0.25, 0.3) is 19.5 Å². The maximum atomic E-state index is 12.8. The summed E-state index contributed by atoms with van der Waals surface area (Å²) in [4.78, 5) is 39.6. The molecule has 0 fully saturated rings. The number of carbonyl (C=O) groups excluding carboxylic acids is 2. The number of ether oxygens (including phenoxy) is 1. The molecular weight excluding hydrogens is 460 g/mol. The van der Waals surface area contributed by atoms with Crippen LogP contribution in [0.1, 0.15) is 25.7 Å². The molecule has 4 aromatic rings. The van der Waals surface area contributed by atoms with Crippen LogP contribution in [0, 0.1) is 0 Å². The summed E-state index contributed by atoms with van der Waals surface area (Å²) in [6, 6.07) is 11.1. The van der Waals surface area contributed by atoms with Gasteiger partial charge in [0.2, 0.25) is 5.78 Å². The Kier molecular flexibility index (Phi) is 6.24. The number of carbonyl (C=O) groups is 3. The fourth-order valence-electron chi connectivity index (χ4n) is 2.94. The molecule has 9 heteroatoms. The number of hydrogen-bond acceptors (Lipinski definition) is 8. The Balaban J connectivity index is 1.70. The van der Waals surface area contributed by atoms with Crippen molar-refractivity contribution in [1.29, 1.82) is 0 Å². The smallest absolute Gasteiger partial charge is 0.307 e. The molecule has 0 saturated carbocycles. The van der Waals surface area contributed by atoms with Gasteiger partial charge in [-0.1, -0.05) is 6.07 Å². The summed E-state index contributed by atoms with van der Waals surface area (Å²) in [7, 11) is 0. The van der Waals surface area contributed by atoms with Crippen molar-refractivity contribution in [2.24, 2.45) is 0 Å². The molecule has 0 amide bonds. The van der Waals surface area contributed by atoms with E-state index in [4.69, 9.17) is 4.74 Å². The molecule has 0 spiro atoms. The van der Waals surface area contributed by atoms with Crippen LogP contribution < -0.4 is 0 Å². The molecule has 0 unspecified atom stereocenters. The second kappa shape index (κ2) is 9.05. The molecule has 1 N–H and O–H groups in total. The highest BCUT2D eigenvalue weighted by atomic mass is 32.1. The van der Waals surface area contributed by atoms with Crippen molar-refractivity contribution in [3.8, 4) is 19.5 Å². The number of aliphatic carboxylic acids is 1. The third kappa shape index (κ3) is 4.29. The van der Waals surface area contributed by atoms with E-state index >= 15 is 0 Å². The number of carboxylic acid groups (broad SMARTS) is 1. The highest BCUT2D eigenvalue weighted by molar-refractivity contribution is 7.27. The van der Waals surface area contributed by atoms with Crippen LogP contribution in [0.3, 0.4) is 0 Å². The van der Waals surface area contributed by atoms with E-state index in [2.05, 4.69) is 0 Å². The highest BCUT2D eigenvalue weighted by Gasteiger charge is 2.21. The zero-order valence-corrected chi connectivity index (χ0v) is 18.6. The van der Waals surface area contributed by atoms with Gasteiger partial charge >= 0.3 is 5.97 Å². The van der Waals surface area contributed by atoms with Gasteiger partial charge in [0.15, 0.2) is 0 Å². The van der Waals surface area contributed by atoms with Gasteiger partial charge in [-0.3, -0.25) is 14.4 Å². The lowest BCUT2D eigenvalue weighted by Gasteiger charge is -2.00. The fraction of sp³-hybridized carbons (Fsp3) is 0.0952. The van der Waals surface area contributed by atoms with Gasteiger partial charge in [0, 0.05) is 20.2 Å². The minimum atomic E-state index is -0.937. The Hall–Kier alpha value is -2.59. The summed E-state index contributed by atoms with van der Waals surface area (Å²) in [5.41, 5.74) is 1.56. The summed E-state index contributed by atoms with van der Waals surface area (Å²) >= 11 is 5.78. The van der Waals surface area contributed by atoms with Crippen LogP contribution in [-0.4, -0.2) is 23.3 Å². The number of hydrogen-bond donors (Lipinski definition) is 1. The maximum absolute atomic E-state index is 12.8. The number of thiophene rings is 4. The molecule has 0 aliphatic rings. The topological polar surface area (TPSA) is 80.7 Å². The van der Waals surface area contributed by atoms with Gasteiger partial charge in [-0.2, -0.15) is 0 Å². The first-order valence-electron chi connectivity index (χ1n) is 8.71. The van der Waals surface area contributed by atoms with Gasteiger partial charge in [-0.05, 0) is 46.7 Å². The lowest BCUT2D eigenvalue weighted by molar-refractivity contribution is -0.136. The molecule has 152 valence electrons. The molecule has 0 aliphatic heterocycles. The first-order chi connectivity index (χ1) is 14.6. The minimum absolute atomic E-state index is 0.0868. The van der Waals surface area contributed by atoms with Crippen molar-refractivity contribution in [3.63, 3.8) is 0 Å². The summed E-state index contributed by atoms with van der Waals surface area (Å²) in [6.45, 7) is 0.634. The zero-order valence-electron chi connectivity index (χ0n) is 15.3. The third-order valence-electron chi connectivity index (χ3n) is 4.23. The normalized spacial score (nSPS) is 10.8. The molecule has 30 heavy (non-hydrogen) atoms. The summed E-state index contributed by atoms with van der Waals surface area (Å²) < 4.78 is 4.89. The number of carboxylic acids is 1. The van der Waals surface area contributed by atoms with E-state index in [0.717, 1.165) is 25.1 Å². The van der Waals surface area contributed by atoms with E-state index in [9.17, 15) is 19.5 Å². The van der Waals surface area contributed by atoms with Crippen molar-refractivity contribution in [2.45, 2.75) is 13.0 Å². The van der Waals surface area contributed by atoms with Crippen LogP contribution in [0.2, 0.25) is 0 Å². The Morgan fingerprint density at radius 1 is 0.933 bits per heavy atom. The highest BCUT2D eigenvalue weighted by Crippen LogP contribution is 2.43. The van der Waals surface area contributed by atoms with Gasteiger partial charge in [0.05, 0.1) is 21.1 Å². The van der Waals surface area contributed by atoms with Crippen LogP contribution >= 0.6 is 45.3 Å². The lowest BCUT2D eigenvalue weighted by atomic mass is 10.1. The van der Waals surface area contributed by atoms with E-state index in [1.807, 2.05) is 35.0 Å². The molecule has 4 rings (SSSR count). The largest absolute Gasteiger partial charge is 0.481 e. The van der Waals surface area contributed by atoms with Crippen molar-refractivity contribution < 1.29 is 24.2 Å². The van der Waals surface area contributed by atoms with E-state index in [0.29, 0.717) is 21.8 Å². The predicted molar refractivity (Wildman–Crippen MR) is 121 cm³/mol. The van der Waals surface area contributed by atoms with E-state index < -0.39 is 5.97 Å². The third-order valence-corrected chi connectivity index (χ3v) is 8.67. The van der Waals surface area contributed by atoms with Crippen molar-refractivity contribution in [1.82, 2.24) is 0 Å². The van der Waals surface area contributed by atoms with E-state index in [1.165, 1.54) is 34.0 Å². The number of rotatable bonds is 9. The van der Waals surface area contributed by atoms with Gasteiger partial charge in [-0.25, -0.2) is 0 Å². The summed E-state index contributed by atoms with van der Waals surface area (Å²) in [5.74, 6) is -1.02. The van der Waals surface area contributed by atoms with Gasteiger partial charge in [0.1, 0.15) is 6.61 Å². The molecule has 0 saturated heterocycles. The maximum Gasteiger partial charge on any atom is 0.307 e. The molecule has 0 aliphatic carbocycles. The Bertz CT molecular complexity index is 1200. The lowest BCUT2D eigenvalue weighted by Crippen LogP contribution is -2.00. The predicted octanol–water partition coefficient (Wildman–Crippen LogP) is 5.80. The Labute approximate surface area is 187 Å². The molecule has 4 heterocycles. The molecular formula is C21H14O5S4.